The fourth-order valence-corrected chi connectivity index (χ4v) is 4.83. The van der Waals surface area contributed by atoms with E-state index in [1.807, 2.05) is 17.0 Å². The zero-order valence-corrected chi connectivity index (χ0v) is 16.9. The summed E-state index contributed by atoms with van der Waals surface area (Å²) < 4.78 is 13.9. The minimum atomic E-state index is -0.607. The fraction of sp³-hybridized carbons (Fsp3) is 0.435. The van der Waals surface area contributed by atoms with Gasteiger partial charge in [-0.3, -0.25) is 19.8 Å². The highest BCUT2D eigenvalue weighted by atomic mass is 19.1. The number of nitro groups is 1. The van der Waals surface area contributed by atoms with E-state index in [9.17, 15) is 19.3 Å². The van der Waals surface area contributed by atoms with E-state index < -0.39 is 5.41 Å². The molecule has 1 aliphatic heterocycles. The van der Waals surface area contributed by atoms with E-state index in [2.05, 4.69) is 4.90 Å². The Morgan fingerprint density at radius 2 is 1.73 bits per heavy atom. The van der Waals surface area contributed by atoms with Crippen LogP contribution in [0.2, 0.25) is 0 Å². The summed E-state index contributed by atoms with van der Waals surface area (Å²) in [6.07, 6.45) is 3.50. The first-order chi connectivity index (χ1) is 14.5. The van der Waals surface area contributed by atoms with Crippen molar-refractivity contribution in [2.45, 2.75) is 37.6 Å². The topological polar surface area (TPSA) is 66.7 Å². The minimum Gasteiger partial charge on any atom is -0.339 e. The van der Waals surface area contributed by atoms with Crippen LogP contribution in [0.15, 0.2) is 48.5 Å². The van der Waals surface area contributed by atoms with Gasteiger partial charge in [0.05, 0.1) is 10.3 Å². The molecule has 2 aromatic carbocycles. The molecule has 4 rings (SSSR count). The number of nitrogens with zero attached hydrogens (tertiary/aromatic N) is 3. The van der Waals surface area contributed by atoms with Crippen molar-refractivity contribution in [1.82, 2.24) is 9.80 Å². The summed E-state index contributed by atoms with van der Waals surface area (Å²) in [7, 11) is 0. The van der Waals surface area contributed by atoms with Crippen LogP contribution in [0.1, 0.15) is 36.8 Å². The van der Waals surface area contributed by atoms with Crippen molar-refractivity contribution in [3.05, 3.63) is 75.6 Å². The lowest BCUT2D eigenvalue weighted by Crippen LogP contribution is -2.53. The molecular weight excluding hydrogens is 385 g/mol. The van der Waals surface area contributed by atoms with Gasteiger partial charge in [0, 0.05) is 44.9 Å². The van der Waals surface area contributed by atoms with Crippen molar-refractivity contribution in [2.75, 3.05) is 26.2 Å². The molecule has 1 saturated carbocycles. The average molecular weight is 411 g/mol. The van der Waals surface area contributed by atoms with Crippen LogP contribution >= 0.6 is 0 Å². The molecular formula is C23H26FN3O3. The number of piperazine rings is 1. The maximum Gasteiger partial charge on any atom is 0.269 e. The second kappa shape index (κ2) is 8.52. The molecule has 0 spiro atoms. The molecule has 158 valence electrons. The Hall–Kier alpha value is -2.80. The lowest BCUT2D eigenvalue weighted by Gasteiger charge is -2.40. The molecule has 30 heavy (non-hydrogen) atoms. The molecule has 0 atom stereocenters. The third kappa shape index (κ3) is 4.07. The summed E-state index contributed by atoms with van der Waals surface area (Å²) in [5.41, 5.74) is 1.18. The van der Waals surface area contributed by atoms with Crippen LogP contribution in [0.4, 0.5) is 10.1 Å². The van der Waals surface area contributed by atoms with Gasteiger partial charge in [-0.1, -0.05) is 37.1 Å². The molecule has 2 aliphatic rings. The van der Waals surface area contributed by atoms with Gasteiger partial charge in [0.25, 0.3) is 5.69 Å². The smallest absolute Gasteiger partial charge is 0.269 e. The monoisotopic (exact) mass is 411 g/mol. The Bertz CT molecular complexity index is 935. The second-order valence-electron chi connectivity index (χ2n) is 8.29. The first-order valence-electron chi connectivity index (χ1n) is 10.5. The molecule has 0 N–H and O–H groups in total. The number of carbonyl (C=O) groups excluding carboxylic acids is 1. The van der Waals surface area contributed by atoms with Crippen molar-refractivity contribution in [3.63, 3.8) is 0 Å². The van der Waals surface area contributed by atoms with Gasteiger partial charge in [-0.15, -0.1) is 0 Å². The summed E-state index contributed by atoms with van der Waals surface area (Å²) in [5, 5.41) is 11.0. The van der Waals surface area contributed by atoms with Crippen LogP contribution in [0.25, 0.3) is 0 Å². The van der Waals surface area contributed by atoms with Crippen LogP contribution in [0.3, 0.4) is 0 Å². The SMILES string of the molecule is O=C(N1CCN(Cc2cccc([N+](=O)[O-])c2)CC1)C1(c2cccc(F)c2)CCCC1. The maximum atomic E-state index is 13.9. The van der Waals surface area contributed by atoms with E-state index >= 15 is 0 Å². The van der Waals surface area contributed by atoms with E-state index in [0.29, 0.717) is 32.7 Å². The molecule has 0 unspecified atom stereocenters. The molecule has 7 heteroatoms. The number of benzene rings is 2. The van der Waals surface area contributed by atoms with Gasteiger partial charge in [0.1, 0.15) is 5.82 Å². The molecule has 0 radical (unpaired) electrons. The van der Waals surface area contributed by atoms with Crippen molar-refractivity contribution < 1.29 is 14.1 Å². The Morgan fingerprint density at radius 1 is 1.03 bits per heavy atom. The molecule has 0 bridgehead atoms. The van der Waals surface area contributed by atoms with E-state index in [1.165, 1.54) is 18.2 Å². The Labute approximate surface area is 175 Å². The van der Waals surface area contributed by atoms with Crippen LogP contribution < -0.4 is 0 Å². The molecule has 0 aromatic heterocycles. The number of amides is 1. The molecule has 1 heterocycles. The quantitative estimate of drug-likeness (QED) is 0.553. The van der Waals surface area contributed by atoms with Crippen LogP contribution in [-0.4, -0.2) is 46.8 Å². The zero-order valence-electron chi connectivity index (χ0n) is 16.9. The summed E-state index contributed by atoms with van der Waals surface area (Å²) in [5.74, 6) is -0.186. The standard InChI is InChI=1S/C23H26FN3O3/c24-20-7-4-6-19(16-20)23(9-1-2-10-23)22(28)26-13-11-25(12-14-26)17-18-5-3-8-21(15-18)27(29)30/h3-8,15-16H,1-2,9-14,17H2. The Morgan fingerprint density at radius 3 is 2.40 bits per heavy atom. The van der Waals surface area contributed by atoms with Gasteiger partial charge < -0.3 is 4.90 Å². The van der Waals surface area contributed by atoms with Crippen LogP contribution in [0, 0.1) is 15.9 Å². The van der Waals surface area contributed by atoms with E-state index in [1.54, 1.807) is 18.2 Å². The van der Waals surface area contributed by atoms with Crippen molar-refractivity contribution >= 4 is 11.6 Å². The highest BCUT2D eigenvalue weighted by Gasteiger charge is 2.45. The van der Waals surface area contributed by atoms with Gasteiger partial charge in [-0.25, -0.2) is 4.39 Å². The molecule has 1 amide bonds. The lowest BCUT2D eigenvalue weighted by atomic mass is 9.77. The number of hydrogen-bond donors (Lipinski definition) is 0. The Balaban J connectivity index is 1.42. The number of carbonyl (C=O) groups is 1. The van der Waals surface area contributed by atoms with Gasteiger partial charge in [-0.05, 0) is 36.1 Å². The summed E-state index contributed by atoms with van der Waals surface area (Å²) in [6, 6.07) is 13.2. The summed E-state index contributed by atoms with van der Waals surface area (Å²) in [6.45, 7) is 3.29. The van der Waals surface area contributed by atoms with Gasteiger partial charge in [0.15, 0.2) is 0 Å². The van der Waals surface area contributed by atoms with Crippen molar-refractivity contribution in [2.24, 2.45) is 0 Å². The highest BCUT2D eigenvalue weighted by molar-refractivity contribution is 5.88. The number of rotatable bonds is 5. The van der Waals surface area contributed by atoms with Crippen molar-refractivity contribution in [3.8, 4) is 0 Å². The van der Waals surface area contributed by atoms with E-state index in [0.717, 1.165) is 36.8 Å². The minimum absolute atomic E-state index is 0.0968. The van der Waals surface area contributed by atoms with Crippen LogP contribution in [0.5, 0.6) is 0 Å². The maximum absolute atomic E-state index is 13.9. The van der Waals surface area contributed by atoms with Gasteiger partial charge in [-0.2, -0.15) is 0 Å². The summed E-state index contributed by atoms with van der Waals surface area (Å²) >= 11 is 0. The average Bonchev–Trinajstić information content (AvgIpc) is 3.25. The third-order valence-corrected chi connectivity index (χ3v) is 6.43. The van der Waals surface area contributed by atoms with E-state index in [-0.39, 0.29) is 22.3 Å². The number of halogens is 1. The largest absolute Gasteiger partial charge is 0.339 e. The molecule has 6 nitrogen and oxygen atoms in total. The number of hydrogen-bond acceptors (Lipinski definition) is 4. The fourth-order valence-electron chi connectivity index (χ4n) is 4.83. The molecule has 1 aliphatic carbocycles. The second-order valence-corrected chi connectivity index (χ2v) is 8.29. The number of non-ortho nitro benzene ring substituents is 1. The Kier molecular flexibility index (Phi) is 5.81. The summed E-state index contributed by atoms with van der Waals surface area (Å²) in [4.78, 5) is 28.3. The normalized spacial score (nSPS) is 19.0. The molecule has 2 aromatic rings. The first kappa shape index (κ1) is 20.5. The van der Waals surface area contributed by atoms with Crippen molar-refractivity contribution in [1.29, 1.82) is 0 Å². The van der Waals surface area contributed by atoms with E-state index in [4.69, 9.17) is 0 Å². The first-order valence-corrected chi connectivity index (χ1v) is 10.5. The van der Waals surface area contributed by atoms with Crippen LogP contribution in [-0.2, 0) is 16.8 Å². The lowest BCUT2D eigenvalue weighted by molar-refractivity contribution is -0.384. The van der Waals surface area contributed by atoms with Gasteiger partial charge >= 0.3 is 0 Å². The predicted octanol–water partition coefficient (Wildman–Crippen LogP) is 3.89. The highest BCUT2D eigenvalue weighted by Crippen LogP contribution is 2.43. The number of nitro benzene ring substituents is 1. The molecule has 1 saturated heterocycles. The zero-order chi connectivity index (χ0) is 21.1. The predicted molar refractivity (Wildman–Crippen MR) is 111 cm³/mol. The van der Waals surface area contributed by atoms with Gasteiger partial charge in [0.2, 0.25) is 5.91 Å². The molecule has 2 fully saturated rings. The third-order valence-electron chi connectivity index (χ3n) is 6.43.